The van der Waals surface area contributed by atoms with E-state index < -0.39 is 10.0 Å². The molecule has 0 fully saturated rings. The highest BCUT2D eigenvalue weighted by Crippen LogP contribution is 2.27. The number of benzene rings is 1. The Morgan fingerprint density at radius 3 is 2.50 bits per heavy atom. The summed E-state index contributed by atoms with van der Waals surface area (Å²) in [6.45, 7) is 3.07. The summed E-state index contributed by atoms with van der Waals surface area (Å²) >= 11 is 0. The van der Waals surface area contributed by atoms with Crippen molar-refractivity contribution < 1.29 is 12.9 Å². The van der Waals surface area contributed by atoms with Gasteiger partial charge in [0.1, 0.15) is 11.8 Å². The number of hydrogen-bond donors (Lipinski definition) is 1. The van der Waals surface area contributed by atoms with Gasteiger partial charge in [0.25, 0.3) is 10.0 Å². The molecule has 0 amide bonds. The zero-order valence-corrected chi connectivity index (χ0v) is 13.5. The largest absolute Gasteiger partial charge is 0.378 e. The van der Waals surface area contributed by atoms with Crippen LogP contribution in [0.2, 0.25) is 0 Å². The van der Waals surface area contributed by atoms with Gasteiger partial charge in [-0.3, -0.25) is 4.72 Å². The van der Waals surface area contributed by atoms with Crippen molar-refractivity contribution in [3.63, 3.8) is 0 Å². The van der Waals surface area contributed by atoms with Crippen molar-refractivity contribution >= 4 is 21.4 Å². The predicted octanol–water partition coefficient (Wildman–Crippen LogP) is 2.03. The van der Waals surface area contributed by atoms with Crippen LogP contribution in [0.3, 0.4) is 0 Å². The predicted molar refractivity (Wildman–Crippen MR) is 82.3 cm³/mol. The Bertz CT molecular complexity index is 828. The first-order chi connectivity index (χ1) is 10.3. The van der Waals surface area contributed by atoms with Gasteiger partial charge in [-0.05, 0) is 32.0 Å². The van der Waals surface area contributed by atoms with Crippen LogP contribution in [0.15, 0.2) is 27.6 Å². The highest BCUT2D eigenvalue weighted by molar-refractivity contribution is 7.92. The van der Waals surface area contributed by atoms with E-state index in [-0.39, 0.29) is 27.6 Å². The summed E-state index contributed by atoms with van der Waals surface area (Å²) in [7, 11) is -0.228. The summed E-state index contributed by atoms with van der Waals surface area (Å²) in [6.07, 6.45) is 0. The minimum Gasteiger partial charge on any atom is -0.378 e. The van der Waals surface area contributed by atoms with Crippen molar-refractivity contribution in [2.45, 2.75) is 18.7 Å². The number of hydrogen-bond acceptors (Lipinski definition) is 6. The van der Waals surface area contributed by atoms with Crippen molar-refractivity contribution in [1.82, 2.24) is 5.16 Å². The lowest BCUT2D eigenvalue weighted by Gasteiger charge is -2.15. The molecule has 116 valence electrons. The monoisotopic (exact) mass is 320 g/mol. The number of rotatable bonds is 4. The summed E-state index contributed by atoms with van der Waals surface area (Å²) in [5, 5.41) is 12.8. The van der Waals surface area contributed by atoms with Crippen LogP contribution in [0, 0.1) is 25.2 Å². The Balaban J connectivity index is 2.50. The molecular formula is C14H16N4O3S. The topological polar surface area (TPSA) is 99.2 Å². The van der Waals surface area contributed by atoms with Gasteiger partial charge in [0.2, 0.25) is 0 Å². The van der Waals surface area contributed by atoms with E-state index in [0.29, 0.717) is 0 Å². The minimum atomic E-state index is -3.88. The lowest BCUT2D eigenvalue weighted by atomic mass is 10.2. The third-order valence-electron chi connectivity index (χ3n) is 3.12. The summed E-state index contributed by atoms with van der Waals surface area (Å²) in [5.74, 6) is 0.201. The Labute approximate surface area is 129 Å². The third kappa shape index (κ3) is 2.89. The molecule has 2 rings (SSSR count). The van der Waals surface area contributed by atoms with E-state index in [0.717, 1.165) is 5.69 Å². The van der Waals surface area contributed by atoms with E-state index in [1.165, 1.54) is 6.92 Å². The highest BCUT2D eigenvalue weighted by atomic mass is 32.2. The Kier molecular flexibility index (Phi) is 4.10. The van der Waals surface area contributed by atoms with Gasteiger partial charge in [-0.15, -0.1) is 0 Å². The van der Waals surface area contributed by atoms with Crippen molar-refractivity contribution in [2.24, 2.45) is 0 Å². The van der Waals surface area contributed by atoms with Gasteiger partial charge in [-0.25, -0.2) is 8.42 Å². The summed E-state index contributed by atoms with van der Waals surface area (Å²) in [5.41, 5.74) is 1.50. The normalized spacial score (nSPS) is 11.0. The number of nitrogens with one attached hydrogen (secondary N) is 1. The van der Waals surface area contributed by atoms with Crippen LogP contribution < -0.4 is 9.62 Å². The van der Waals surface area contributed by atoms with Gasteiger partial charge in [-0.1, -0.05) is 5.16 Å². The molecule has 8 heteroatoms. The average Bonchev–Trinajstić information content (AvgIpc) is 2.78. The first-order valence-electron chi connectivity index (χ1n) is 6.43. The van der Waals surface area contributed by atoms with Crippen LogP contribution in [0.4, 0.5) is 11.4 Å². The third-order valence-corrected chi connectivity index (χ3v) is 4.73. The molecule has 1 aromatic heterocycles. The van der Waals surface area contributed by atoms with Gasteiger partial charge < -0.3 is 9.42 Å². The van der Waals surface area contributed by atoms with E-state index in [4.69, 9.17) is 9.78 Å². The quantitative estimate of drug-likeness (QED) is 0.925. The lowest BCUT2D eigenvalue weighted by molar-refractivity contribution is 0.390. The van der Waals surface area contributed by atoms with Crippen LogP contribution in [0.1, 0.15) is 17.0 Å². The van der Waals surface area contributed by atoms with Gasteiger partial charge in [0.05, 0.1) is 11.3 Å². The Morgan fingerprint density at radius 2 is 2.00 bits per heavy atom. The zero-order chi connectivity index (χ0) is 16.5. The summed E-state index contributed by atoms with van der Waals surface area (Å²) in [4.78, 5) is 1.81. The number of anilines is 2. The van der Waals surface area contributed by atoms with Gasteiger partial charge in [-0.2, -0.15) is 5.26 Å². The van der Waals surface area contributed by atoms with Crippen molar-refractivity contribution in [3.05, 3.63) is 35.2 Å². The average molecular weight is 320 g/mol. The molecule has 0 aliphatic rings. The molecule has 0 saturated heterocycles. The molecule has 22 heavy (non-hydrogen) atoms. The SMILES string of the molecule is Cc1noc(C)c1S(=O)(=O)Nc1cc(N(C)C)ccc1C#N. The van der Waals surface area contributed by atoms with Gasteiger partial charge >= 0.3 is 0 Å². The standard InChI is InChI=1S/C14H16N4O3S/c1-9-14(10(2)21-16-9)22(19,20)17-13-7-12(18(3)4)6-5-11(13)8-15/h5-7,17H,1-4H3. The van der Waals surface area contributed by atoms with Crippen LogP contribution in [-0.2, 0) is 10.0 Å². The number of aryl methyl sites for hydroxylation is 2. The Morgan fingerprint density at radius 1 is 1.32 bits per heavy atom. The second kappa shape index (κ2) is 5.69. The van der Waals surface area contributed by atoms with Crippen LogP contribution >= 0.6 is 0 Å². The number of nitrogens with zero attached hydrogens (tertiary/aromatic N) is 3. The van der Waals surface area contributed by atoms with Gasteiger partial charge in [0, 0.05) is 19.8 Å². The fourth-order valence-corrected chi connectivity index (χ4v) is 3.45. The number of sulfonamides is 1. The number of nitriles is 1. The summed E-state index contributed by atoms with van der Waals surface area (Å²) in [6, 6.07) is 6.89. The van der Waals surface area contributed by atoms with Crippen LogP contribution in [-0.4, -0.2) is 27.7 Å². The lowest BCUT2D eigenvalue weighted by Crippen LogP contribution is -2.16. The molecule has 0 aliphatic carbocycles. The fourth-order valence-electron chi connectivity index (χ4n) is 2.05. The summed E-state index contributed by atoms with van der Waals surface area (Å²) < 4.78 is 32.4. The van der Waals surface area contributed by atoms with Crippen molar-refractivity contribution in [1.29, 1.82) is 5.26 Å². The zero-order valence-electron chi connectivity index (χ0n) is 12.7. The smallest absolute Gasteiger partial charge is 0.267 e. The van der Waals surface area contributed by atoms with Crippen molar-refractivity contribution in [2.75, 3.05) is 23.7 Å². The molecule has 0 bridgehead atoms. The molecule has 1 N–H and O–H groups in total. The molecule has 0 radical (unpaired) electrons. The van der Waals surface area contributed by atoms with E-state index in [1.807, 2.05) is 25.1 Å². The maximum Gasteiger partial charge on any atom is 0.267 e. The first kappa shape index (κ1) is 15.9. The second-order valence-corrected chi connectivity index (χ2v) is 6.61. The highest BCUT2D eigenvalue weighted by Gasteiger charge is 2.25. The maximum atomic E-state index is 12.5. The Hall–Kier alpha value is -2.53. The van der Waals surface area contributed by atoms with E-state index >= 15 is 0 Å². The molecule has 7 nitrogen and oxygen atoms in total. The van der Waals surface area contributed by atoms with Crippen LogP contribution in [0.5, 0.6) is 0 Å². The first-order valence-corrected chi connectivity index (χ1v) is 7.91. The molecule has 0 saturated carbocycles. The van der Waals surface area contributed by atoms with Crippen molar-refractivity contribution in [3.8, 4) is 6.07 Å². The second-order valence-electron chi connectivity index (χ2n) is 4.99. The molecule has 0 spiro atoms. The van der Waals surface area contributed by atoms with Gasteiger partial charge in [0.15, 0.2) is 10.7 Å². The number of aromatic nitrogens is 1. The van der Waals surface area contributed by atoms with E-state index in [1.54, 1.807) is 25.1 Å². The minimum absolute atomic E-state index is 0.00774. The van der Waals surface area contributed by atoms with E-state index in [2.05, 4.69) is 9.88 Å². The molecule has 2 aromatic rings. The molecule has 0 atom stereocenters. The van der Waals surface area contributed by atoms with E-state index in [9.17, 15) is 8.42 Å². The molecule has 1 heterocycles. The maximum absolute atomic E-state index is 12.5. The fraction of sp³-hybridized carbons (Fsp3) is 0.286. The molecule has 0 unspecified atom stereocenters. The molecule has 0 aliphatic heterocycles. The van der Waals surface area contributed by atoms with Crippen LogP contribution in [0.25, 0.3) is 0 Å². The molecule has 1 aromatic carbocycles. The molecular weight excluding hydrogens is 304 g/mol.